The molecule has 1 aliphatic carbocycles. The van der Waals surface area contributed by atoms with Gasteiger partial charge in [0.05, 0.1) is 23.8 Å². The number of carbonyl (C=O) groups excluding carboxylic acids is 3. The summed E-state index contributed by atoms with van der Waals surface area (Å²) in [5, 5.41) is 2.77. The van der Waals surface area contributed by atoms with E-state index in [0.717, 1.165) is 25.0 Å². The van der Waals surface area contributed by atoms with E-state index in [2.05, 4.69) is 10.2 Å². The van der Waals surface area contributed by atoms with Crippen molar-refractivity contribution in [1.29, 1.82) is 0 Å². The molecule has 1 N–H and O–H groups in total. The molecule has 1 atom stereocenters. The predicted molar refractivity (Wildman–Crippen MR) is 124 cm³/mol. The summed E-state index contributed by atoms with van der Waals surface area (Å²) in [7, 11) is 0. The number of piperazine rings is 1. The van der Waals surface area contributed by atoms with E-state index in [4.69, 9.17) is 4.74 Å². The zero-order chi connectivity index (χ0) is 26.0. The Morgan fingerprint density at radius 3 is 2.22 bits per heavy atom. The molecule has 1 aromatic rings. The van der Waals surface area contributed by atoms with Gasteiger partial charge in [-0.05, 0) is 44.4 Å². The maximum atomic E-state index is 13.1. The third-order valence-corrected chi connectivity index (χ3v) is 6.81. The normalized spacial score (nSPS) is 21.5. The molecule has 36 heavy (non-hydrogen) atoms. The van der Waals surface area contributed by atoms with Crippen molar-refractivity contribution in [3.8, 4) is 0 Å². The highest BCUT2D eigenvalue weighted by molar-refractivity contribution is 5.95. The summed E-state index contributed by atoms with van der Waals surface area (Å²) >= 11 is 0. The monoisotopic (exact) mass is 508 g/mol. The fraction of sp³-hybridized carbons (Fsp3) is 0.560. The topological polar surface area (TPSA) is 82.2 Å². The molecule has 8 nitrogen and oxygen atoms in total. The van der Waals surface area contributed by atoms with Gasteiger partial charge in [0.1, 0.15) is 0 Å². The zero-order valence-corrected chi connectivity index (χ0v) is 20.4. The average Bonchev–Trinajstić information content (AvgIpc) is 3.69. The summed E-state index contributed by atoms with van der Waals surface area (Å²) in [5.74, 6) is -0.286. The molecular weight excluding hydrogens is 477 g/mol. The third-order valence-electron chi connectivity index (χ3n) is 6.81. The molecule has 11 heteroatoms. The minimum atomic E-state index is -4.50. The molecule has 3 aliphatic rings. The van der Waals surface area contributed by atoms with E-state index in [1.54, 1.807) is 13.8 Å². The second kappa shape index (κ2) is 10.5. The van der Waals surface area contributed by atoms with Crippen molar-refractivity contribution in [3.63, 3.8) is 0 Å². The van der Waals surface area contributed by atoms with Gasteiger partial charge in [-0.25, -0.2) is 9.59 Å². The Bertz CT molecular complexity index is 1030. The predicted octanol–water partition coefficient (Wildman–Crippen LogP) is 3.16. The van der Waals surface area contributed by atoms with Gasteiger partial charge in [0.2, 0.25) is 5.91 Å². The van der Waals surface area contributed by atoms with Crippen LogP contribution in [0.5, 0.6) is 0 Å². The standard InChI is InChI=1S/C25H31F3N4O4/c1-3-32-19(15-30-11-13-31(14-12-30)22(33)17-5-6-17)20(23(34)36-4-2)21(29-24(32)35)16-7-9-18(10-8-16)25(26,27)28/h7-10,17,21H,3-6,11-15H2,1-2H3,(H,29,35)/t21-/m1/s1. The number of likely N-dealkylation sites (N-methyl/N-ethyl adjacent to an activating group) is 1. The van der Waals surface area contributed by atoms with Crippen LogP contribution in [0.2, 0.25) is 0 Å². The van der Waals surface area contributed by atoms with Gasteiger partial charge in [-0.3, -0.25) is 14.6 Å². The number of hydrogen-bond donors (Lipinski definition) is 1. The lowest BCUT2D eigenvalue weighted by atomic mass is 9.93. The summed E-state index contributed by atoms with van der Waals surface area (Å²) in [6, 6.07) is 3.03. The molecule has 1 aromatic carbocycles. The van der Waals surface area contributed by atoms with E-state index in [9.17, 15) is 27.6 Å². The van der Waals surface area contributed by atoms with Gasteiger partial charge >= 0.3 is 18.2 Å². The Morgan fingerprint density at radius 2 is 1.69 bits per heavy atom. The van der Waals surface area contributed by atoms with E-state index < -0.39 is 29.8 Å². The van der Waals surface area contributed by atoms with Crippen LogP contribution in [0, 0.1) is 5.92 Å². The van der Waals surface area contributed by atoms with Crippen molar-refractivity contribution in [2.75, 3.05) is 45.9 Å². The number of amides is 3. The number of hydrogen-bond acceptors (Lipinski definition) is 5. The van der Waals surface area contributed by atoms with Crippen molar-refractivity contribution < 1.29 is 32.3 Å². The van der Waals surface area contributed by atoms with Crippen molar-refractivity contribution in [2.24, 2.45) is 5.92 Å². The zero-order valence-electron chi connectivity index (χ0n) is 20.4. The molecule has 0 spiro atoms. The Hall–Kier alpha value is -3.08. The van der Waals surface area contributed by atoms with Crippen LogP contribution < -0.4 is 5.32 Å². The van der Waals surface area contributed by atoms with Gasteiger partial charge in [0.25, 0.3) is 0 Å². The molecule has 0 aromatic heterocycles. The molecule has 2 aliphatic heterocycles. The van der Waals surface area contributed by atoms with Gasteiger partial charge in [-0.15, -0.1) is 0 Å². The van der Waals surface area contributed by atoms with Crippen molar-refractivity contribution in [3.05, 3.63) is 46.7 Å². The maximum Gasteiger partial charge on any atom is 0.416 e. The van der Waals surface area contributed by atoms with Gasteiger partial charge in [-0.2, -0.15) is 13.2 Å². The van der Waals surface area contributed by atoms with Crippen LogP contribution in [0.1, 0.15) is 43.9 Å². The van der Waals surface area contributed by atoms with E-state index >= 15 is 0 Å². The molecule has 196 valence electrons. The number of nitrogens with one attached hydrogen (secondary N) is 1. The SMILES string of the molecule is CCOC(=O)C1=C(CN2CCN(C(=O)C3CC3)CC2)N(CC)C(=O)N[C@@H]1c1ccc(C(F)(F)F)cc1. The van der Waals surface area contributed by atoms with E-state index in [1.165, 1.54) is 17.0 Å². The molecule has 2 fully saturated rings. The number of alkyl halides is 3. The summed E-state index contributed by atoms with van der Waals surface area (Å²) in [5.41, 5.74) is 0.206. The Kier molecular flexibility index (Phi) is 7.58. The van der Waals surface area contributed by atoms with Crippen molar-refractivity contribution in [2.45, 2.75) is 38.9 Å². The second-order valence-electron chi connectivity index (χ2n) is 9.20. The van der Waals surface area contributed by atoms with E-state index in [0.29, 0.717) is 44.0 Å². The van der Waals surface area contributed by atoms with Gasteiger partial charge < -0.3 is 15.0 Å². The first-order valence-electron chi connectivity index (χ1n) is 12.3. The quantitative estimate of drug-likeness (QED) is 0.573. The molecule has 4 rings (SSSR count). The lowest BCUT2D eigenvalue weighted by Crippen LogP contribution is -2.54. The Balaban J connectivity index is 1.64. The number of rotatable bonds is 7. The largest absolute Gasteiger partial charge is 0.463 e. The minimum Gasteiger partial charge on any atom is -0.463 e. The number of ether oxygens (including phenoxy) is 1. The number of benzene rings is 1. The average molecular weight is 509 g/mol. The molecule has 2 heterocycles. The first-order valence-corrected chi connectivity index (χ1v) is 12.3. The smallest absolute Gasteiger partial charge is 0.416 e. The number of urea groups is 1. The molecular formula is C25H31F3N4O4. The van der Waals surface area contributed by atoms with Crippen LogP contribution in [0.3, 0.4) is 0 Å². The lowest BCUT2D eigenvalue weighted by molar-refractivity contribution is -0.139. The molecule has 0 radical (unpaired) electrons. The number of nitrogens with zero attached hydrogens (tertiary/aromatic N) is 3. The highest BCUT2D eigenvalue weighted by Gasteiger charge is 2.40. The van der Waals surface area contributed by atoms with Crippen LogP contribution >= 0.6 is 0 Å². The van der Waals surface area contributed by atoms with Gasteiger partial charge in [0.15, 0.2) is 0 Å². The van der Waals surface area contributed by atoms with Crippen LogP contribution in [-0.4, -0.2) is 78.5 Å². The number of carbonyl (C=O) groups is 3. The number of halogens is 3. The summed E-state index contributed by atoms with van der Waals surface area (Å²) in [6.45, 7) is 6.44. The molecule has 0 bridgehead atoms. The summed E-state index contributed by atoms with van der Waals surface area (Å²) in [6.07, 6.45) is -2.61. The van der Waals surface area contributed by atoms with Gasteiger partial charge in [-0.1, -0.05) is 12.1 Å². The third kappa shape index (κ3) is 5.50. The summed E-state index contributed by atoms with van der Waals surface area (Å²) in [4.78, 5) is 44.0. The van der Waals surface area contributed by atoms with Crippen LogP contribution in [-0.2, 0) is 20.5 Å². The Labute approximate surface area is 208 Å². The van der Waals surface area contributed by atoms with Crippen molar-refractivity contribution >= 4 is 17.9 Å². The highest BCUT2D eigenvalue weighted by Crippen LogP contribution is 2.35. The van der Waals surface area contributed by atoms with Crippen LogP contribution in [0.4, 0.5) is 18.0 Å². The lowest BCUT2D eigenvalue weighted by Gasteiger charge is -2.40. The molecule has 0 unspecified atom stereocenters. The molecule has 1 saturated heterocycles. The first kappa shape index (κ1) is 26.0. The van der Waals surface area contributed by atoms with Gasteiger partial charge in [0, 0.05) is 50.9 Å². The Morgan fingerprint density at radius 1 is 1.06 bits per heavy atom. The maximum absolute atomic E-state index is 13.1. The van der Waals surface area contributed by atoms with E-state index in [-0.39, 0.29) is 30.5 Å². The van der Waals surface area contributed by atoms with Crippen LogP contribution in [0.15, 0.2) is 35.5 Å². The molecule has 1 saturated carbocycles. The summed E-state index contributed by atoms with van der Waals surface area (Å²) < 4.78 is 44.6. The fourth-order valence-electron chi connectivity index (χ4n) is 4.70. The highest BCUT2D eigenvalue weighted by atomic mass is 19.4. The molecule has 3 amide bonds. The van der Waals surface area contributed by atoms with Crippen molar-refractivity contribution in [1.82, 2.24) is 20.0 Å². The number of esters is 1. The fourth-order valence-corrected chi connectivity index (χ4v) is 4.70. The second-order valence-corrected chi connectivity index (χ2v) is 9.20. The minimum absolute atomic E-state index is 0.109. The first-order chi connectivity index (χ1) is 17.1. The van der Waals surface area contributed by atoms with Crippen LogP contribution in [0.25, 0.3) is 0 Å². The van der Waals surface area contributed by atoms with E-state index in [1.807, 2.05) is 4.90 Å².